The van der Waals surface area contributed by atoms with Gasteiger partial charge in [0.1, 0.15) is 5.78 Å². The molecule has 0 saturated heterocycles. The van der Waals surface area contributed by atoms with Gasteiger partial charge in [0.05, 0.1) is 0 Å². The Labute approximate surface area is 139 Å². The van der Waals surface area contributed by atoms with Crippen molar-refractivity contribution in [1.82, 2.24) is 4.90 Å². The molecule has 0 aromatic carbocycles. The van der Waals surface area contributed by atoms with Crippen LogP contribution in [-0.4, -0.2) is 29.8 Å². The molecule has 0 radical (unpaired) electrons. The second-order valence-electron chi connectivity index (χ2n) is 7.27. The van der Waals surface area contributed by atoms with E-state index in [2.05, 4.69) is 25.7 Å². The molecule has 2 heteroatoms. The van der Waals surface area contributed by atoms with Crippen LogP contribution in [0, 0.1) is 5.92 Å². The summed E-state index contributed by atoms with van der Waals surface area (Å²) in [6.07, 6.45) is 14.7. The predicted molar refractivity (Wildman–Crippen MR) is 96.3 cm³/mol. The van der Waals surface area contributed by atoms with E-state index in [1.165, 1.54) is 64.5 Å². The van der Waals surface area contributed by atoms with Gasteiger partial charge in [0, 0.05) is 18.9 Å². The Bertz CT molecular complexity index is 267. The van der Waals surface area contributed by atoms with E-state index in [-0.39, 0.29) is 0 Å². The van der Waals surface area contributed by atoms with Gasteiger partial charge in [0.15, 0.2) is 0 Å². The summed E-state index contributed by atoms with van der Waals surface area (Å²) in [6, 6.07) is 0.663. The lowest BCUT2D eigenvalue weighted by Crippen LogP contribution is -2.41. The molecule has 0 spiro atoms. The van der Waals surface area contributed by atoms with Gasteiger partial charge in [-0.25, -0.2) is 0 Å². The highest BCUT2D eigenvalue weighted by Crippen LogP contribution is 2.28. The van der Waals surface area contributed by atoms with Crippen molar-refractivity contribution in [2.75, 3.05) is 13.1 Å². The number of nitrogens with zero attached hydrogens (tertiary/aromatic N) is 1. The molecule has 1 aliphatic carbocycles. The number of carbonyl (C=O) groups is 1. The van der Waals surface area contributed by atoms with Crippen LogP contribution in [0.5, 0.6) is 0 Å². The van der Waals surface area contributed by atoms with E-state index in [4.69, 9.17) is 0 Å². The number of rotatable bonds is 12. The van der Waals surface area contributed by atoms with Gasteiger partial charge in [-0.1, -0.05) is 52.4 Å². The lowest BCUT2D eigenvalue weighted by molar-refractivity contribution is -0.121. The molecule has 0 aliphatic heterocycles. The van der Waals surface area contributed by atoms with Crippen LogP contribution in [0.15, 0.2) is 0 Å². The van der Waals surface area contributed by atoms with Crippen LogP contribution in [0.4, 0.5) is 0 Å². The monoisotopic (exact) mass is 309 g/mol. The van der Waals surface area contributed by atoms with Gasteiger partial charge >= 0.3 is 0 Å². The Morgan fingerprint density at radius 1 is 0.909 bits per heavy atom. The largest absolute Gasteiger partial charge is 0.300 e. The van der Waals surface area contributed by atoms with Gasteiger partial charge in [-0.2, -0.15) is 0 Å². The van der Waals surface area contributed by atoms with Crippen molar-refractivity contribution in [3.05, 3.63) is 0 Å². The van der Waals surface area contributed by atoms with Crippen molar-refractivity contribution in [3.8, 4) is 0 Å². The highest BCUT2D eigenvalue weighted by atomic mass is 16.1. The van der Waals surface area contributed by atoms with Gasteiger partial charge in [-0.3, -0.25) is 4.79 Å². The average Bonchev–Trinajstić information content (AvgIpc) is 2.53. The molecule has 1 saturated carbocycles. The molecule has 1 rings (SSSR count). The molecule has 1 unspecified atom stereocenters. The normalized spacial score (nSPS) is 18.1. The minimum Gasteiger partial charge on any atom is -0.300 e. The second-order valence-corrected chi connectivity index (χ2v) is 7.27. The molecule has 2 nitrogen and oxygen atoms in total. The first-order valence-corrected chi connectivity index (χ1v) is 9.94. The lowest BCUT2D eigenvalue weighted by Gasteiger charge is -2.36. The fourth-order valence-electron chi connectivity index (χ4n) is 3.75. The number of unbranched alkanes of at least 4 members (excludes halogenated alkanes) is 6. The van der Waals surface area contributed by atoms with E-state index < -0.39 is 0 Å². The number of Topliss-reactive ketones (excluding diaryl/α,β-unsaturated/α-hetero) is 1. The minimum absolute atomic E-state index is 0.487. The Morgan fingerprint density at radius 3 is 1.86 bits per heavy atom. The maximum absolute atomic E-state index is 11.5. The van der Waals surface area contributed by atoms with Crippen molar-refractivity contribution in [1.29, 1.82) is 0 Å². The molecular weight excluding hydrogens is 270 g/mol. The van der Waals surface area contributed by atoms with Crippen LogP contribution >= 0.6 is 0 Å². The molecule has 0 bridgehead atoms. The van der Waals surface area contributed by atoms with Crippen molar-refractivity contribution in [2.24, 2.45) is 5.92 Å². The number of ketones is 1. The van der Waals surface area contributed by atoms with Crippen molar-refractivity contribution < 1.29 is 4.79 Å². The molecular formula is C20H39NO. The van der Waals surface area contributed by atoms with Crippen LogP contribution in [0.1, 0.15) is 97.8 Å². The lowest BCUT2D eigenvalue weighted by atomic mass is 9.83. The minimum atomic E-state index is 0.487. The Morgan fingerprint density at radius 2 is 1.41 bits per heavy atom. The molecule has 0 N–H and O–H groups in total. The summed E-state index contributed by atoms with van der Waals surface area (Å²) in [5, 5.41) is 0. The first kappa shape index (κ1) is 19.7. The molecule has 0 heterocycles. The maximum atomic E-state index is 11.5. The Hall–Kier alpha value is -0.370. The number of hydrogen-bond donors (Lipinski definition) is 0. The van der Waals surface area contributed by atoms with E-state index in [1.54, 1.807) is 0 Å². The molecule has 0 aromatic rings. The van der Waals surface area contributed by atoms with E-state index in [9.17, 15) is 4.79 Å². The molecule has 1 atom stereocenters. The van der Waals surface area contributed by atoms with Gasteiger partial charge in [0.2, 0.25) is 0 Å². The molecule has 22 heavy (non-hydrogen) atoms. The fraction of sp³-hybridized carbons (Fsp3) is 0.950. The van der Waals surface area contributed by atoms with E-state index in [1.807, 2.05) is 0 Å². The Balaban J connectivity index is 2.41. The highest BCUT2D eigenvalue weighted by molar-refractivity contribution is 5.79. The predicted octanol–water partition coefficient (Wildman–Crippen LogP) is 5.60. The molecule has 0 amide bonds. The summed E-state index contributed by atoms with van der Waals surface area (Å²) in [7, 11) is 0. The first-order valence-electron chi connectivity index (χ1n) is 9.94. The van der Waals surface area contributed by atoms with Gasteiger partial charge in [0.25, 0.3) is 0 Å². The Kier molecular flexibility index (Phi) is 10.8. The van der Waals surface area contributed by atoms with Crippen LogP contribution < -0.4 is 0 Å². The third-order valence-electron chi connectivity index (χ3n) is 5.44. The molecule has 0 aromatic heterocycles. The van der Waals surface area contributed by atoms with E-state index in [0.29, 0.717) is 11.8 Å². The number of hydrogen-bond acceptors (Lipinski definition) is 2. The third-order valence-corrected chi connectivity index (χ3v) is 5.44. The zero-order valence-corrected chi connectivity index (χ0v) is 15.4. The molecule has 1 fully saturated rings. The third kappa shape index (κ3) is 7.76. The summed E-state index contributed by atoms with van der Waals surface area (Å²) in [6.45, 7) is 9.50. The van der Waals surface area contributed by atoms with E-state index >= 15 is 0 Å². The van der Waals surface area contributed by atoms with Gasteiger partial charge < -0.3 is 4.90 Å². The van der Waals surface area contributed by atoms with Gasteiger partial charge in [-0.05, 0) is 51.6 Å². The zero-order chi connectivity index (χ0) is 16.2. The van der Waals surface area contributed by atoms with Crippen molar-refractivity contribution >= 4 is 5.78 Å². The standard InChI is InChI=1S/C20H39NO/c1-4-6-8-10-16-21(17-11-9-7-5-2)18(3)19-12-14-20(22)15-13-19/h18-19H,4-17H2,1-3H3. The quantitative estimate of drug-likeness (QED) is 0.437. The summed E-state index contributed by atoms with van der Waals surface area (Å²) in [4.78, 5) is 14.2. The summed E-state index contributed by atoms with van der Waals surface area (Å²) < 4.78 is 0. The van der Waals surface area contributed by atoms with Crippen LogP contribution in [0.2, 0.25) is 0 Å². The second kappa shape index (κ2) is 12.1. The average molecular weight is 310 g/mol. The smallest absolute Gasteiger partial charge is 0.132 e. The summed E-state index contributed by atoms with van der Waals surface area (Å²) >= 11 is 0. The molecule has 1 aliphatic rings. The first-order chi connectivity index (χ1) is 10.7. The van der Waals surface area contributed by atoms with Crippen molar-refractivity contribution in [2.45, 2.75) is 104 Å². The SMILES string of the molecule is CCCCCCN(CCCCCC)C(C)C1CCC(=O)CC1. The van der Waals surface area contributed by atoms with Crippen LogP contribution in [-0.2, 0) is 4.79 Å². The van der Waals surface area contributed by atoms with Crippen molar-refractivity contribution in [3.63, 3.8) is 0 Å². The molecule has 130 valence electrons. The van der Waals surface area contributed by atoms with E-state index in [0.717, 1.165) is 31.6 Å². The highest BCUT2D eigenvalue weighted by Gasteiger charge is 2.27. The maximum Gasteiger partial charge on any atom is 0.132 e. The van der Waals surface area contributed by atoms with Crippen LogP contribution in [0.25, 0.3) is 0 Å². The van der Waals surface area contributed by atoms with Crippen LogP contribution in [0.3, 0.4) is 0 Å². The van der Waals surface area contributed by atoms with Gasteiger partial charge in [-0.15, -0.1) is 0 Å². The summed E-state index contributed by atoms with van der Waals surface area (Å²) in [5.74, 6) is 1.23. The topological polar surface area (TPSA) is 20.3 Å². The summed E-state index contributed by atoms with van der Waals surface area (Å²) in [5.41, 5.74) is 0. The zero-order valence-electron chi connectivity index (χ0n) is 15.4. The number of carbonyl (C=O) groups excluding carboxylic acids is 1. The fourth-order valence-corrected chi connectivity index (χ4v) is 3.75.